The molecule has 1 N–H and O–H groups in total. The number of benzene rings is 3. The summed E-state index contributed by atoms with van der Waals surface area (Å²) in [5, 5.41) is 2.78. The molecule has 3 aromatic carbocycles. The zero-order chi connectivity index (χ0) is 24.3. The Bertz CT molecular complexity index is 1080. The summed E-state index contributed by atoms with van der Waals surface area (Å²) in [6.45, 7) is 4.84. The van der Waals surface area contributed by atoms with E-state index < -0.39 is 5.97 Å². The van der Waals surface area contributed by atoms with E-state index in [1.165, 1.54) is 5.56 Å². The lowest BCUT2D eigenvalue weighted by Gasteiger charge is -2.26. The quantitative estimate of drug-likeness (QED) is 0.453. The summed E-state index contributed by atoms with van der Waals surface area (Å²) in [5.74, 6) is -0.250. The van der Waals surface area contributed by atoms with E-state index in [0.29, 0.717) is 24.5 Å². The Morgan fingerprint density at radius 2 is 1.51 bits per heavy atom. The molecule has 35 heavy (non-hydrogen) atoms. The van der Waals surface area contributed by atoms with Crippen LogP contribution in [0.25, 0.3) is 0 Å². The second-order valence-corrected chi connectivity index (χ2v) is 8.36. The van der Waals surface area contributed by atoms with Crippen LogP contribution in [-0.4, -0.2) is 49.7 Å². The first kappa shape index (κ1) is 24.4. The predicted molar refractivity (Wildman–Crippen MR) is 132 cm³/mol. The summed E-state index contributed by atoms with van der Waals surface area (Å²) in [6.07, 6.45) is 0. The maximum Gasteiger partial charge on any atom is 0.338 e. The fourth-order valence-corrected chi connectivity index (χ4v) is 3.67. The number of morpholine rings is 1. The van der Waals surface area contributed by atoms with Crippen molar-refractivity contribution in [2.45, 2.75) is 19.7 Å². The highest BCUT2D eigenvalue weighted by atomic mass is 16.5. The lowest BCUT2D eigenvalue weighted by Crippen LogP contribution is -2.35. The topological polar surface area (TPSA) is 77.1 Å². The van der Waals surface area contributed by atoms with E-state index in [9.17, 15) is 9.59 Å². The summed E-state index contributed by atoms with van der Waals surface area (Å²) in [6, 6.07) is 24.7. The molecule has 0 radical (unpaired) electrons. The van der Waals surface area contributed by atoms with Gasteiger partial charge in [-0.15, -0.1) is 0 Å². The van der Waals surface area contributed by atoms with Gasteiger partial charge in [0.25, 0.3) is 5.91 Å². The third kappa shape index (κ3) is 7.95. The first-order valence-corrected chi connectivity index (χ1v) is 11.7. The van der Waals surface area contributed by atoms with Gasteiger partial charge < -0.3 is 19.5 Å². The van der Waals surface area contributed by atoms with Crippen LogP contribution in [0.2, 0.25) is 0 Å². The maximum absolute atomic E-state index is 12.3. The van der Waals surface area contributed by atoms with Crippen molar-refractivity contribution >= 4 is 11.9 Å². The van der Waals surface area contributed by atoms with Crippen LogP contribution in [0.15, 0.2) is 78.9 Å². The van der Waals surface area contributed by atoms with E-state index in [2.05, 4.69) is 22.3 Å². The monoisotopic (exact) mass is 474 g/mol. The zero-order valence-corrected chi connectivity index (χ0v) is 19.7. The van der Waals surface area contributed by atoms with Crippen LogP contribution in [0.5, 0.6) is 5.75 Å². The normalized spacial score (nSPS) is 13.7. The van der Waals surface area contributed by atoms with Gasteiger partial charge in [0.1, 0.15) is 12.4 Å². The second kappa shape index (κ2) is 12.7. The van der Waals surface area contributed by atoms with E-state index in [-0.39, 0.29) is 12.5 Å². The number of carbonyl (C=O) groups is 2. The Hall–Kier alpha value is -3.68. The Kier molecular flexibility index (Phi) is 8.86. The molecule has 1 heterocycles. The highest BCUT2D eigenvalue weighted by molar-refractivity contribution is 5.91. The molecule has 1 aliphatic heterocycles. The third-order valence-corrected chi connectivity index (χ3v) is 5.70. The molecule has 0 saturated carbocycles. The van der Waals surface area contributed by atoms with Gasteiger partial charge in [0.15, 0.2) is 6.61 Å². The van der Waals surface area contributed by atoms with Crippen molar-refractivity contribution in [2.75, 3.05) is 32.9 Å². The minimum atomic E-state index is -0.553. The van der Waals surface area contributed by atoms with Crippen LogP contribution in [0, 0.1) is 0 Å². The Labute approximate surface area is 205 Å². The van der Waals surface area contributed by atoms with Crippen LogP contribution < -0.4 is 10.1 Å². The number of nitrogens with one attached hydrogen (secondary N) is 1. The molecule has 1 amide bonds. The molecular formula is C28H30N2O5. The van der Waals surface area contributed by atoms with Crippen molar-refractivity contribution in [3.05, 3.63) is 101 Å². The lowest BCUT2D eigenvalue weighted by atomic mass is 10.1. The molecule has 7 nitrogen and oxygen atoms in total. The van der Waals surface area contributed by atoms with Crippen LogP contribution in [-0.2, 0) is 34.0 Å². The molecule has 7 heteroatoms. The van der Waals surface area contributed by atoms with Crippen LogP contribution in [0.3, 0.4) is 0 Å². The molecule has 1 fully saturated rings. The van der Waals surface area contributed by atoms with Gasteiger partial charge in [-0.25, -0.2) is 4.79 Å². The third-order valence-electron chi connectivity index (χ3n) is 5.70. The molecule has 1 aliphatic rings. The molecule has 4 rings (SSSR count). The summed E-state index contributed by atoms with van der Waals surface area (Å²) in [7, 11) is 0. The number of rotatable bonds is 10. The molecule has 0 atom stereocenters. The number of carbonyl (C=O) groups excluding carboxylic acids is 2. The molecule has 0 aromatic heterocycles. The summed E-state index contributed by atoms with van der Waals surface area (Å²) < 4.78 is 16.2. The van der Waals surface area contributed by atoms with Gasteiger partial charge in [0.05, 0.1) is 18.8 Å². The maximum atomic E-state index is 12.3. The molecule has 3 aromatic rings. The highest BCUT2D eigenvalue weighted by Crippen LogP contribution is 2.15. The standard InChI is InChI=1S/C28H30N2O5/c31-27(29-18-22-6-8-23(9-7-22)19-30-14-16-33-17-15-30)21-35-28(32)25-10-12-26(13-11-25)34-20-24-4-2-1-3-5-24/h1-13H,14-21H2,(H,29,31). The average molecular weight is 475 g/mol. The van der Waals surface area contributed by atoms with E-state index >= 15 is 0 Å². The molecule has 0 spiro atoms. The van der Waals surface area contributed by atoms with Crippen molar-refractivity contribution in [1.82, 2.24) is 10.2 Å². The minimum Gasteiger partial charge on any atom is -0.489 e. The zero-order valence-electron chi connectivity index (χ0n) is 19.7. The fraction of sp³-hybridized carbons (Fsp3) is 0.286. The van der Waals surface area contributed by atoms with Crippen LogP contribution in [0.4, 0.5) is 0 Å². The van der Waals surface area contributed by atoms with E-state index in [4.69, 9.17) is 14.2 Å². The number of hydrogen-bond donors (Lipinski definition) is 1. The first-order chi connectivity index (χ1) is 17.2. The molecule has 1 saturated heterocycles. The van der Waals surface area contributed by atoms with Crippen molar-refractivity contribution in [2.24, 2.45) is 0 Å². The van der Waals surface area contributed by atoms with Crippen molar-refractivity contribution in [3.63, 3.8) is 0 Å². The Morgan fingerprint density at radius 3 is 2.23 bits per heavy atom. The SMILES string of the molecule is O=C(COC(=O)c1ccc(OCc2ccccc2)cc1)NCc1ccc(CN2CCOCC2)cc1. The van der Waals surface area contributed by atoms with Crippen molar-refractivity contribution < 1.29 is 23.8 Å². The van der Waals surface area contributed by atoms with Crippen LogP contribution >= 0.6 is 0 Å². The van der Waals surface area contributed by atoms with Gasteiger partial charge in [0, 0.05) is 26.2 Å². The van der Waals surface area contributed by atoms with Gasteiger partial charge in [0.2, 0.25) is 0 Å². The number of hydrogen-bond acceptors (Lipinski definition) is 6. The number of ether oxygens (including phenoxy) is 3. The minimum absolute atomic E-state index is 0.333. The largest absolute Gasteiger partial charge is 0.489 e. The second-order valence-electron chi connectivity index (χ2n) is 8.36. The molecule has 182 valence electrons. The fourth-order valence-electron chi connectivity index (χ4n) is 3.67. The lowest BCUT2D eigenvalue weighted by molar-refractivity contribution is -0.124. The first-order valence-electron chi connectivity index (χ1n) is 11.7. The van der Waals surface area contributed by atoms with Gasteiger partial charge in [-0.3, -0.25) is 9.69 Å². The van der Waals surface area contributed by atoms with E-state index in [0.717, 1.165) is 44.0 Å². The predicted octanol–water partition coefficient (Wildman–Crippen LogP) is 3.57. The Balaban J connectivity index is 1.15. The average Bonchev–Trinajstić information content (AvgIpc) is 2.91. The summed E-state index contributed by atoms with van der Waals surface area (Å²) in [4.78, 5) is 26.8. The van der Waals surface area contributed by atoms with Crippen LogP contribution in [0.1, 0.15) is 27.0 Å². The molecule has 0 unspecified atom stereocenters. The van der Waals surface area contributed by atoms with Gasteiger partial charge >= 0.3 is 5.97 Å². The van der Waals surface area contributed by atoms with Gasteiger partial charge in [-0.05, 0) is 41.0 Å². The van der Waals surface area contributed by atoms with Gasteiger partial charge in [-0.2, -0.15) is 0 Å². The Morgan fingerprint density at radius 1 is 0.829 bits per heavy atom. The highest BCUT2D eigenvalue weighted by Gasteiger charge is 2.12. The van der Waals surface area contributed by atoms with Crippen molar-refractivity contribution in [3.8, 4) is 5.75 Å². The molecular weight excluding hydrogens is 444 g/mol. The number of amides is 1. The smallest absolute Gasteiger partial charge is 0.338 e. The summed E-state index contributed by atoms with van der Waals surface area (Å²) in [5.41, 5.74) is 3.64. The van der Waals surface area contributed by atoms with E-state index in [1.54, 1.807) is 24.3 Å². The van der Waals surface area contributed by atoms with Crippen molar-refractivity contribution in [1.29, 1.82) is 0 Å². The van der Waals surface area contributed by atoms with E-state index in [1.807, 2.05) is 42.5 Å². The number of nitrogens with zero attached hydrogens (tertiary/aromatic N) is 1. The number of esters is 1. The van der Waals surface area contributed by atoms with Gasteiger partial charge in [-0.1, -0.05) is 54.6 Å². The molecule has 0 aliphatic carbocycles. The molecule has 0 bridgehead atoms. The summed E-state index contributed by atoms with van der Waals surface area (Å²) >= 11 is 0.